The number of benzene rings is 2. The minimum Gasteiger partial charge on any atom is -0.491 e. The number of nitrogens with zero attached hydrogens (tertiary/aromatic N) is 1. The van der Waals surface area contributed by atoms with Crippen LogP contribution in [0.25, 0.3) is 0 Å². The van der Waals surface area contributed by atoms with E-state index in [1.54, 1.807) is 35.8 Å². The lowest BCUT2D eigenvalue weighted by Crippen LogP contribution is -2.41. The van der Waals surface area contributed by atoms with Gasteiger partial charge in [-0.2, -0.15) is 0 Å². The summed E-state index contributed by atoms with van der Waals surface area (Å²) in [4.78, 5) is 27.1. The van der Waals surface area contributed by atoms with Gasteiger partial charge in [-0.3, -0.25) is 14.8 Å². The number of rotatable bonds is 3. The van der Waals surface area contributed by atoms with Crippen molar-refractivity contribution in [3.8, 4) is 5.75 Å². The van der Waals surface area contributed by atoms with Crippen molar-refractivity contribution >= 4 is 23.4 Å². The van der Waals surface area contributed by atoms with E-state index >= 15 is 0 Å². The standard InChI is InChI=1S/C22H23ClN2O5/c23-18-5-3-14(4-6-18)19-13-30-20-11-16(21(26)24-28)1-2-17(20)12-25(19)22(27)15-7-9-29-10-8-15/h1-6,11,15,19,28H,7-10,12-13H2,(H,24,26). The molecule has 0 saturated carbocycles. The number of ether oxygens (including phenoxy) is 2. The molecule has 2 aromatic carbocycles. The van der Waals surface area contributed by atoms with Gasteiger partial charge in [0.25, 0.3) is 5.91 Å². The van der Waals surface area contributed by atoms with E-state index in [0.29, 0.717) is 43.4 Å². The average molecular weight is 431 g/mol. The Labute approximate surface area is 179 Å². The number of carbonyl (C=O) groups excluding carboxylic acids is 2. The zero-order valence-corrected chi connectivity index (χ0v) is 17.1. The lowest BCUT2D eigenvalue weighted by Gasteiger charge is -2.34. The molecule has 30 heavy (non-hydrogen) atoms. The first-order valence-corrected chi connectivity index (χ1v) is 10.3. The molecule has 1 atom stereocenters. The number of amides is 2. The fourth-order valence-electron chi connectivity index (χ4n) is 3.95. The molecular formula is C22H23ClN2O5. The van der Waals surface area contributed by atoms with Gasteiger partial charge < -0.3 is 14.4 Å². The molecule has 2 aromatic rings. The summed E-state index contributed by atoms with van der Waals surface area (Å²) >= 11 is 6.05. The number of carbonyl (C=O) groups is 2. The monoisotopic (exact) mass is 430 g/mol. The molecule has 4 rings (SSSR count). The smallest absolute Gasteiger partial charge is 0.274 e. The Morgan fingerprint density at radius 1 is 1.10 bits per heavy atom. The first-order chi connectivity index (χ1) is 14.6. The van der Waals surface area contributed by atoms with Crippen molar-refractivity contribution in [1.29, 1.82) is 0 Å². The van der Waals surface area contributed by atoms with Crippen LogP contribution in [0, 0.1) is 5.92 Å². The second kappa shape index (κ2) is 9.04. The molecule has 1 unspecified atom stereocenters. The van der Waals surface area contributed by atoms with Gasteiger partial charge in [0.15, 0.2) is 0 Å². The minimum atomic E-state index is -0.616. The Morgan fingerprint density at radius 2 is 1.83 bits per heavy atom. The van der Waals surface area contributed by atoms with E-state index in [4.69, 9.17) is 26.3 Å². The molecule has 2 heterocycles. The maximum Gasteiger partial charge on any atom is 0.274 e. The van der Waals surface area contributed by atoms with E-state index < -0.39 is 5.91 Å². The molecule has 2 aliphatic heterocycles. The molecule has 0 radical (unpaired) electrons. The molecule has 2 aliphatic rings. The molecule has 0 aromatic heterocycles. The van der Waals surface area contributed by atoms with Gasteiger partial charge in [0.1, 0.15) is 12.4 Å². The Balaban J connectivity index is 1.68. The van der Waals surface area contributed by atoms with Gasteiger partial charge in [0, 0.05) is 35.3 Å². The number of hydroxylamine groups is 1. The van der Waals surface area contributed by atoms with Gasteiger partial charge in [0.2, 0.25) is 5.91 Å². The fourth-order valence-corrected chi connectivity index (χ4v) is 4.08. The highest BCUT2D eigenvalue weighted by Crippen LogP contribution is 2.35. The summed E-state index contributed by atoms with van der Waals surface area (Å²) in [6, 6.07) is 12.1. The summed E-state index contributed by atoms with van der Waals surface area (Å²) in [7, 11) is 0. The van der Waals surface area contributed by atoms with Gasteiger partial charge in [-0.05, 0) is 42.7 Å². The molecule has 7 nitrogen and oxygen atoms in total. The van der Waals surface area contributed by atoms with Crippen LogP contribution < -0.4 is 10.2 Å². The third-order valence-corrected chi connectivity index (χ3v) is 5.90. The van der Waals surface area contributed by atoms with Gasteiger partial charge in [-0.1, -0.05) is 29.8 Å². The second-order valence-electron chi connectivity index (χ2n) is 7.49. The highest BCUT2D eigenvalue weighted by molar-refractivity contribution is 6.30. The van der Waals surface area contributed by atoms with Crippen LogP contribution in [0.4, 0.5) is 0 Å². The van der Waals surface area contributed by atoms with Crippen molar-refractivity contribution < 1.29 is 24.3 Å². The van der Waals surface area contributed by atoms with E-state index in [0.717, 1.165) is 11.1 Å². The average Bonchev–Trinajstić information content (AvgIpc) is 2.98. The molecular weight excluding hydrogens is 408 g/mol. The maximum atomic E-state index is 13.5. The predicted octanol–water partition coefficient (Wildman–Crippen LogP) is 3.35. The van der Waals surface area contributed by atoms with E-state index in [2.05, 4.69) is 0 Å². The van der Waals surface area contributed by atoms with Gasteiger partial charge >= 0.3 is 0 Å². The predicted molar refractivity (Wildman–Crippen MR) is 109 cm³/mol. The van der Waals surface area contributed by atoms with Crippen LogP contribution in [-0.4, -0.2) is 41.7 Å². The molecule has 2 amide bonds. The third kappa shape index (κ3) is 4.28. The van der Waals surface area contributed by atoms with Crippen LogP contribution in [-0.2, 0) is 16.1 Å². The van der Waals surface area contributed by atoms with Crippen molar-refractivity contribution in [2.45, 2.75) is 25.4 Å². The molecule has 0 spiro atoms. The van der Waals surface area contributed by atoms with Crippen LogP contribution in [0.2, 0.25) is 5.02 Å². The number of nitrogens with one attached hydrogen (secondary N) is 1. The number of halogens is 1. The molecule has 158 valence electrons. The lowest BCUT2D eigenvalue weighted by atomic mass is 9.96. The van der Waals surface area contributed by atoms with Crippen molar-refractivity contribution in [3.63, 3.8) is 0 Å². The Hall–Kier alpha value is -2.61. The first-order valence-electron chi connectivity index (χ1n) is 9.90. The lowest BCUT2D eigenvalue weighted by molar-refractivity contribution is -0.142. The number of hydrogen-bond donors (Lipinski definition) is 2. The van der Waals surface area contributed by atoms with E-state index in [-0.39, 0.29) is 30.0 Å². The van der Waals surface area contributed by atoms with Gasteiger partial charge in [-0.15, -0.1) is 0 Å². The zero-order chi connectivity index (χ0) is 21.1. The quantitative estimate of drug-likeness (QED) is 0.576. The highest BCUT2D eigenvalue weighted by Gasteiger charge is 2.34. The first kappa shape index (κ1) is 20.7. The van der Waals surface area contributed by atoms with E-state index in [1.807, 2.05) is 17.0 Å². The SMILES string of the molecule is O=C(NO)c1ccc2c(c1)OCC(c1ccc(Cl)cc1)N(C(=O)C1CCOCC1)C2. The van der Waals surface area contributed by atoms with Crippen LogP contribution in [0.5, 0.6) is 5.75 Å². The summed E-state index contributed by atoms with van der Waals surface area (Å²) in [5.74, 6) is -0.103. The molecule has 0 aliphatic carbocycles. The largest absolute Gasteiger partial charge is 0.491 e. The number of hydrogen-bond acceptors (Lipinski definition) is 5. The second-order valence-corrected chi connectivity index (χ2v) is 7.93. The number of fused-ring (bicyclic) bond motifs is 1. The molecule has 0 bridgehead atoms. The van der Waals surface area contributed by atoms with Crippen molar-refractivity contribution in [1.82, 2.24) is 10.4 Å². The van der Waals surface area contributed by atoms with Crippen LogP contribution >= 0.6 is 11.6 Å². The summed E-state index contributed by atoms with van der Waals surface area (Å²) in [6.45, 7) is 1.78. The highest BCUT2D eigenvalue weighted by atomic mass is 35.5. The molecule has 2 N–H and O–H groups in total. The Bertz CT molecular complexity index is 928. The van der Waals surface area contributed by atoms with Crippen LogP contribution in [0.3, 0.4) is 0 Å². The summed E-state index contributed by atoms with van der Waals surface area (Å²) in [5, 5.41) is 9.53. The van der Waals surface area contributed by atoms with Crippen LogP contribution in [0.1, 0.15) is 40.4 Å². The molecule has 8 heteroatoms. The van der Waals surface area contributed by atoms with Gasteiger partial charge in [0.05, 0.1) is 12.6 Å². The topological polar surface area (TPSA) is 88.1 Å². The minimum absolute atomic E-state index is 0.0758. The van der Waals surface area contributed by atoms with Crippen LogP contribution in [0.15, 0.2) is 42.5 Å². The van der Waals surface area contributed by atoms with Crippen molar-refractivity contribution in [3.05, 3.63) is 64.2 Å². The zero-order valence-electron chi connectivity index (χ0n) is 16.3. The maximum absolute atomic E-state index is 13.5. The van der Waals surface area contributed by atoms with Gasteiger partial charge in [-0.25, -0.2) is 5.48 Å². The van der Waals surface area contributed by atoms with E-state index in [1.165, 1.54) is 0 Å². The molecule has 1 fully saturated rings. The summed E-state index contributed by atoms with van der Waals surface area (Å²) < 4.78 is 11.5. The normalized spacial score (nSPS) is 19.4. The third-order valence-electron chi connectivity index (χ3n) is 5.65. The van der Waals surface area contributed by atoms with Crippen molar-refractivity contribution in [2.24, 2.45) is 5.92 Å². The Kier molecular flexibility index (Phi) is 6.22. The summed E-state index contributed by atoms with van der Waals surface area (Å²) in [6.07, 6.45) is 1.40. The summed E-state index contributed by atoms with van der Waals surface area (Å²) in [5.41, 5.74) is 3.65. The fraction of sp³-hybridized carbons (Fsp3) is 0.364. The van der Waals surface area contributed by atoms with Crippen molar-refractivity contribution in [2.75, 3.05) is 19.8 Å². The molecule has 1 saturated heterocycles. The van der Waals surface area contributed by atoms with E-state index in [9.17, 15) is 9.59 Å². The Morgan fingerprint density at radius 3 is 2.53 bits per heavy atom.